The van der Waals surface area contributed by atoms with Crippen LogP contribution in [0.1, 0.15) is 52.9 Å². The van der Waals surface area contributed by atoms with E-state index in [-0.39, 0.29) is 11.8 Å². The summed E-state index contributed by atoms with van der Waals surface area (Å²) in [7, 11) is 0. The summed E-state index contributed by atoms with van der Waals surface area (Å²) in [6.07, 6.45) is 10.9. The highest BCUT2D eigenvalue weighted by Crippen LogP contribution is 2.38. The Balaban J connectivity index is 1.84. The summed E-state index contributed by atoms with van der Waals surface area (Å²) in [5, 5.41) is 3.62. The molecule has 5 heteroatoms. The smallest absolute Gasteiger partial charge is 0.251 e. The molecular formula is C16H20N2O2S. The van der Waals surface area contributed by atoms with E-state index < -0.39 is 5.91 Å². The zero-order chi connectivity index (χ0) is 14.8. The van der Waals surface area contributed by atoms with Gasteiger partial charge < -0.3 is 11.1 Å². The third-order valence-electron chi connectivity index (χ3n) is 4.29. The number of aryl methyl sites for hydroxylation is 1. The molecule has 0 fully saturated rings. The number of amides is 2. The quantitative estimate of drug-likeness (QED) is 0.843. The van der Waals surface area contributed by atoms with Gasteiger partial charge in [-0.25, -0.2) is 0 Å². The van der Waals surface area contributed by atoms with E-state index in [2.05, 4.69) is 17.5 Å². The molecule has 3 rings (SSSR count). The van der Waals surface area contributed by atoms with E-state index in [0.717, 1.165) is 50.5 Å². The highest BCUT2D eigenvalue weighted by Gasteiger charge is 2.26. The van der Waals surface area contributed by atoms with E-state index in [1.807, 2.05) is 0 Å². The maximum atomic E-state index is 12.4. The number of carbonyl (C=O) groups is 2. The van der Waals surface area contributed by atoms with Crippen molar-refractivity contribution < 1.29 is 9.59 Å². The topological polar surface area (TPSA) is 72.2 Å². The second-order valence-electron chi connectivity index (χ2n) is 5.75. The van der Waals surface area contributed by atoms with E-state index >= 15 is 0 Å². The van der Waals surface area contributed by atoms with Crippen LogP contribution in [0.2, 0.25) is 0 Å². The fourth-order valence-corrected chi connectivity index (χ4v) is 4.46. The molecule has 0 saturated carbocycles. The average Bonchev–Trinajstić information content (AvgIpc) is 2.86. The monoisotopic (exact) mass is 304 g/mol. The molecule has 2 aliphatic rings. The lowest BCUT2D eigenvalue weighted by Crippen LogP contribution is -2.25. The van der Waals surface area contributed by atoms with Crippen LogP contribution in [-0.4, -0.2) is 11.8 Å². The van der Waals surface area contributed by atoms with Crippen LogP contribution in [-0.2, 0) is 17.6 Å². The Morgan fingerprint density at radius 3 is 2.76 bits per heavy atom. The van der Waals surface area contributed by atoms with Crippen LogP contribution < -0.4 is 11.1 Å². The summed E-state index contributed by atoms with van der Waals surface area (Å²) in [6, 6.07) is 0. The predicted octanol–water partition coefficient (Wildman–Crippen LogP) is 3.02. The van der Waals surface area contributed by atoms with Gasteiger partial charge in [-0.15, -0.1) is 11.3 Å². The summed E-state index contributed by atoms with van der Waals surface area (Å²) in [5.41, 5.74) is 7.16. The maximum absolute atomic E-state index is 12.4. The summed E-state index contributed by atoms with van der Waals surface area (Å²) in [4.78, 5) is 25.4. The first-order chi connectivity index (χ1) is 10.2. The highest BCUT2D eigenvalue weighted by molar-refractivity contribution is 7.17. The van der Waals surface area contributed by atoms with Crippen molar-refractivity contribution in [2.75, 3.05) is 5.32 Å². The van der Waals surface area contributed by atoms with Crippen LogP contribution in [0.3, 0.4) is 0 Å². The molecule has 0 aliphatic heterocycles. The van der Waals surface area contributed by atoms with Gasteiger partial charge in [0.25, 0.3) is 5.91 Å². The van der Waals surface area contributed by atoms with Crippen molar-refractivity contribution in [1.29, 1.82) is 0 Å². The van der Waals surface area contributed by atoms with E-state index in [9.17, 15) is 9.59 Å². The number of allylic oxidation sites excluding steroid dienone is 2. The average molecular weight is 304 g/mol. The number of hydrogen-bond acceptors (Lipinski definition) is 3. The Morgan fingerprint density at radius 2 is 2.05 bits per heavy atom. The second-order valence-corrected chi connectivity index (χ2v) is 6.86. The van der Waals surface area contributed by atoms with Gasteiger partial charge in [-0.2, -0.15) is 0 Å². The molecule has 0 spiro atoms. The fraction of sp³-hybridized carbons (Fsp3) is 0.500. The predicted molar refractivity (Wildman–Crippen MR) is 84.6 cm³/mol. The molecule has 1 heterocycles. The van der Waals surface area contributed by atoms with Crippen molar-refractivity contribution in [2.45, 2.75) is 44.9 Å². The van der Waals surface area contributed by atoms with Gasteiger partial charge in [0.15, 0.2) is 0 Å². The molecular weight excluding hydrogens is 284 g/mol. The third-order valence-corrected chi connectivity index (χ3v) is 5.50. The summed E-state index contributed by atoms with van der Waals surface area (Å²) < 4.78 is 0. The Hall–Kier alpha value is -1.62. The first-order valence-electron chi connectivity index (χ1n) is 7.57. The zero-order valence-electron chi connectivity index (χ0n) is 12.0. The van der Waals surface area contributed by atoms with Gasteiger partial charge in [0, 0.05) is 10.8 Å². The fourth-order valence-electron chi connectivity index (χ4n) is 3.16. The van der Waals surface area contributed by atoms with Crippen molar-refractivity contribution >= 4 is 28.2 Å². The molecule has 0 aromatic carbocycles. The molecule has 112 valence electrons. The number of anilines is 1. The zero-order valence-corrected chi connectivity index (χ0v) is 12.8. The lowest BCUT2D eigenvalue weighted by atomic mass is 9.93. The Kier molecular flexibility index (Phi) is 4.10. The van der Waals surface area contributed by atoms with Crippen LogP contribution in [0.4, 0.5) is 5.00 Å². The molecule has 1 aromatic heterocycles. The molecule has 3 N–H and O–H groups in total. The molecule has 2 amide bonds. The Morgan fingerprint density at radius 1 is 1.24 bits per heavy atom. The van der Waals surface area contributed by atoms with Crippen LogP contribution in [0.5, 0.6) is 0 Å². The van der Waals surface area contributed by atoms with Crippen LogP contribution in [0.15, 0.2) is 12.2 Å². The van der Waals surface area contributed by atoms with Gasteiger partial charge >= 0.3 is 0 Å². The van der Waals surface area contributed by atoms with E-state index in [4.69, 9.17) is 5.73 Å². The summed E-state index contributed by atoms with van der Waals surface area (Å²) in [6.45, 7) is 0. The molecule has 21 heavy (non-hydrogen) atoms. The largest absolute Gasteiger partial charge is 0.365 e. The second kappa shape index (κ2) is 6.02. The number of hydrogen-bond donors (Lipinski definition) is 2. The van der Waals surface area contributed by atoms with Gasteiger partial charge in [-0.1, -0.05) is 12.2 Å². The normalized spacial score (nSPS) is 20.9. The number of nitrogens with two attached hydrogens (primary N) is 1. The van der Waals surface area contributed by atoms with Crippen LogP contribution >= 0.6 is 11.3 Å². The van der Waals surface area contributed by atoms with Gasteiger partial charge in [-0.3, -0.25) is 9.59 Å². The van der Waals surface area contributed by atoms with E-state index in [0.29, 0.717) is 10.6 Å². The van der Waals surface area contributed by atoms with Gasteiger partial charge in [0.2, 0.25) is 5.91 Å². The standard InChI is InChI=1S/C16H20N2O2S/c17-14(19)13-11-8-4-5-9-12(11)21-16(13)18-15(20)10-6-2-1-3-7-10/h1-2,10H,3-9H2,(H2,17,19)(H,18,20)/t10-/m1/s1. The highest BCUT2D eigenvalue weighted by atomic mass is 32.1. The molecule has 2 aliphatic carbocycles. The lowest BCUT2D eigenvalue weighted by molar-refractivity contribution is -0.120. The number of rotatable bonds is 3. The van der Waals surface area contributed by atoms with Gasteiger partial charge in [0.1, 0.15) is 5.00 Å². The van der Waals surface area contributed by atoms with E-state index in [1.54, 1.807) is 0 Å². The molecule has 0 radical (unpaired) electrons. The van der Waals surface area contributed by atoms with Crippen molar-refractivity contribution in [2.24, 2.45) is 11.7 Å². The Bertz CT molecular complexity index is 604. The first-order valence-corrected chi connectivity index (χ1v) is 8.38. The number of thiophene rings is 1. The number of primary amides is 1. The molecule has 1 atom stereocenters. The number of fused-ring (bicyclic) bond motifs is 1. The molecule has 0 bridgehead atoms. The first kappa shape index (κ1) is 14.3. The van der Waals surface area contributed by atoms with E-state index in [1.165, 1.54) is 16.2 Å². The molecule has 4 nitrogen and oxygen atoms in total. The molecule has 0 saturated heterocycles. The van der Waals surface area contributed by atoms with Crippen molar-refractivity contribution in [3.63, 3.8) is 0 Å². The minimum atomic E-state index is -0.423. The molecule has 1 aromatic rings. The Labute approximate surface area is 128 Å². The third kappa shape index (κ3) is 2.88. The van der Waals surface area contributed by atoms with Crippen LogP contribution in [0.25, 0.3) is 0 Å². The number of carbonyl (C=O) groups excluding carboxylic acids is 2. The number of nitrogens with one attached hydrogen (secondary N) is 1. The molecule has 0 unspecified atom stereocenters. The minimum absolute atomic E-state index is 0.00912. The van der Waals surface area contributed by atoms with Crippen LogP contribution in [0, 0.1) is 5.92 Å². The summed E-state index contributed by atoms with van der Waals surface area (Å²) in [5.74, 6) is -0.399. The van der Waals surface area contributed by atoms with Crippen molar-refractivity contribution in [3.05, 3.63) is 28.2 Å². The van der Waals surface area contributed by atoms with Gasteiger partial charge in [0.05, 0.1) is 5.56 Å². The maximum Gasteiger partial charge on any atom is 0.251 e. The summed E-state index contributed by atoms with van der Waals surface area (Å²) >= 11 is 1.53. The minimum Gasteiger partial charge on any atom is -0.365 e. The lowest BCUT2D eigenvalue weighted by Gasteiger charge is -2.17. The van der Waals surface area contributed by atoms with Gasteiger partial charge in [-0.05, 0) is 50.5 Å². The SMILES string of the molecule is NC(=O)c1c(NC(=O)[C@@H]2CC=CCC2)sc2c1CCCC2. The van der Waals surface area contributed by atoms with Crippen molar-refractivity contribution in [1.82, 2.24) is 0 Å². The van der Waals surface area contributed by atoms with Crippen molar-refractivity contribution in [3.8, 4) is 0 Å².